The average Bonchev–Trinajstić information content (AvgIpc) is 2.26. The Morgan fingerprint density at radius 3 is 2.71 bits per heavy atom. The Morgan fingerprint density at radius 1 is 1.53 bits per heavy atom. The van der Waals surface area contributed by atoms with Gasteiger partial charge in [0.05, 0.1) is 38.4 Å². The maximum Gasteiger partial charge on any atom is 0.230 e. The molecule has 0 fully saturated rings. The summed E-state index contributed by atoms with van der Waals surface area (Å²) < 4.78 is 0. The van der Waals surface area contributed by atoms with Crippen LogP contribution in [0.15, 0.2) is 24.5 Å². The molecule has 1 amide bonds. The lowest BCUT2D eigenvalue weighted by molar-refractivity contribution is -0.878. The molecule has 0 saturated heterocycles. The van der Waals surface area contributed by atoms with Gasteiger partial charge in [-0.05, 0) is 12.1 Å². The first-order valence-electron chi connectivity index (χ1n) is 5.21. The highest BCUT2D eigenvalue weighted by Gasteiger charge is 2.20. The second kappa shape index (κ2) is 5.95. The number of rotatable bonds is 5. The normalized spacial score (nSPS) is 12.2. The van der Waals surface area contributed by atoms with Crippen LogP contribution in [0.1, 0.15) is 6.42 Å². The molecule has 0 aliphatic carbocycles. The number of aromatic nitrogens is 1. The third-order valence-electron chi connectivity index (χ3n) is 2.32. The number of nitrogens with zero attached hydrogens (tertiary/aromatic N) is 1. The molecule has 1 aromatic heterocycles. The predicted octanol–water partition coefficient (Wildman–Crippen LogP) is -2.33. The van der Waals surface area contributed by atoms with Gasteiger partial charge >= 0.3 is 0 Å². The van der Waals surface area contributed by atoms with Crippen molar-refractivity contribution in [2.24, 2.45) is 0 Å². The molecule has 0 spiro atoms. The summed E-state index contributed by atoms with van der Waals surface area (Å²) in [7, 11) is 3.33. The summed E-state index contributed by atoms with van der Waals surface area (Å²) in [5, 5.41) is 13.4. The Hall–Kier alpha value is -1.95. The van der Waals surface area contributed by atoms with E-state index in [1.165, 1.54) is 6.20 Å². The monoisotopic (exact) mass is 237 g/mol. The fraction of sp³-hybridized carbons (Fsp3) is 0.364. The number of anilines is 1. The van der Waals surface area contributed by atoms with E-state index in [0.29, 0.717) is 10.6 Å². The van der Waals surface area contributed by atoms with Gasteiger partial charge in [0.2, 0.25) is 5.91 Å². The van der Waals surface area contributed by atoms with Gasteiger partial charge in [-0.3, -0.25) is 9.78 Å². The quantitative estimate of drug-likeness (QED) is 0.601. The van der Waals surface area contributed by atoms with Crippen molar-refractivity contribution in [2.75, 3.05) is 19.4 Å². The molecular formula is C11H15N3O3. The smallest absolute Gasteiger partial charge is 0.230 e. The molecule has 0 unspecified atom stereocenters. The molecule has 0 aliphatic rings. The van der Waals surface area contributed by atoms with Crippen molar-refractivity contribution in [1.82, 2.24) is 4.98 Å². The highest BCUT2D eigenvalue weighted by atomic mass is 16.4. The summed E-state index contributed by atoms with van der Waals surface area (Å²) in [6.45, 7) is 0. The van der Waals surface area contributed by atoms with Crippen LogP contribution in [0.5, 0.6) is 0 Å². The van der Waals surface area contributed by atoms with E-state index >= 15 is 0 Å². The minimum atomic E-state index is -1.23. The van der Waals surface area contributed by atoms with Crippen molar-refractivity contribution < 1.29 is 19.6 Å². The summed E-state index contributed by atoms with van der Waals surface area (Å²) in [4.78, 5) is 26.9. The van der Waals surface area contributed by atoms with Gasteiger partial charge in [-0.15, -0.1) is 0 Å². The Kier molecular flexibility index (Phi) is 4.59. The first-order chi connectivity index (χ1) is 8.00. The van der Waals surface area contributed by atoms with E-state index in [0.717, 1.165) is 0 Å². The fourth-order valence-corrected chi connectivity index (χ4v) is 1.36. The van der Waals surface area contributed by atoms with E-state index in [-0.39, 0.29) is 12.3 Å². The van der Waals surface area contributed by atoms with Crippen LogP contribution in [0.25, 0.3) is 0 Å². The zero-order chi connectivity index (χ0) is 12.8. The van der Waals surface area contributed by atoms with E-state index in [1.807, 2.05) is 0 Å². The topological polar surface area (TPSA) is 86.6 Å². The van der Waals surface area contributed by atoms with Gasteiger partial charge in [0.1, 0.15) is 6.04 Å². The molecule has 6 nitrogen and oxygen atoms in total. The van der Waals surface area contributed by atoms with Crippen LogP contribution >= 0.6 is 0 Å². The molecule has 0 aromatic carbocycles. The largest absolute Gasteiger partial charge is 0.544 e. The third-order valence-corrected chi connectivity index (χ3v) is 2.32. The lowest BCUT2D eigenvalue weighted by atomic mass is 10.2. The van der Waals surface area contributed by atoms with Gasteiger partial charge in [0, 0.05) is 6.20 Å². The highest BCUT2D eigenvalue weighted by molar-refractivity contribution is 5.93. The van der Waals surface area contributed by atoms with Crippen LogP contribution in [0.3, 0.4) is 0 Å². The maximum absolute atomic E-state index is 11.6. The summed E-state index contributed by atoms with van der Waals surface area (Å²) in [5.74, 6) is -1.60. The predicted molar refractivity (Wildman–Crippen MR) is 59.1 cm³/mol. The zero-order valence-electron chi connectivity index (χ0n) is 9.77. The summed E-state index contributed by atoms with van der Waals surface area (Å²) >= 11 is 0. The Balaban J connectivity index is 2.57. The van der Waals surface area contributed by atoms with Crippen molar-refractivity contribution >= 4 is 17.6 Å². The van der Waals surface area contributed by atoms with Crippen molar-refractivity contribution in [1.29, 1.82) is 0 Å². The number of carboxylic acid groups (broad SMARTS) is 1. The molecule has 2 N–H and O–H groups in total. The molecular weight excluding hydrogens is 222 g/mol. The van der Waals surface area contributed by atoms with E-state index in [4.69, 9.17) is 0 Å². The first-order valence-corrected chi connectivity index (χ1v) is 5.21. The molecule has 92 valence electrons. The Labute approximate surface area is 99.3 Å². The number of quaternary nitrogens is 1. The number of aliphatic carboxylic acids is 1. The number of carbonyl (C=O) groups is 2. The van der Waals surface area contributed by atoms with Crippen LogP contribution in [-0.4, -0.2) is 37.0 Å². The van der Waals surface area contributed by atoms with Crippen LogP contribution in [-0.2, 0) is 9.59 Å². The summed E-state index contributed by atoms with van der Waals surface area (Å²) in [6, 6.07) is 2.51. The summed E-state index contributed by atoms with van der Waals surface area (Å²) in [6.07, 6.45) is 2.96. The van der Waals surface area contributed by atoms with Crippen LogP contribution in [0, 0.1) is 0 Å². The first kappa shape index (κ1) is 13.1. The number of hydrogen-bond acceptors (Lipinski definition) is 4. The van der Waals surface area contributed by atoms with Gasteiger partial charge < -0.3 is 20.1 Å². The van der Waals surface area contributed by atoms with Crippen molar-refractivity contribution in [3.05, 3.63) is 24.5 Å². The van der Waals surface area contributed by atoms with E-state index in [2.05, 4.69) is 10.3 Å². The molecule has 1 rings (SSSR count). The number of amides is 1. The fourth-order valence-electron chi connectivity index (χ4n) is 1.36. The second-order valence-corrected chi connectivity index (χ2v) is 3.94. The van der Waals surface area contributed by atoms with E-state index < -0.39 is 12.0 Å². The number of carboxylic acids is 1. The maximum atomic E-state index is 11.6. The molecule has 0 bridgehead atoms. The van der Waals surface area contributed by atoms with Gasteiger partial charge in [-0.2, -0.15) is 0 Å². The number of nitrogens with one attached hydrogen (secondary N) is 2. The van der Waals surface area contributed by atoms with E-state index in [9.17, 15) is 14.7 Å². The number of hydrogen-bond donors (Lipinski definition) is 2. The second-order valence-electron chi connectivity index (χ2n) is 3.94. The number of likely N-dealkylation sites (N-methyl/N-ethyl adjacent to an activating group) is 1. The molecule has 0 saturated carbocycles. The SMILES string of the molecule is C[NH+](C)[C@H](CC(=O)Nc1cccnc1)C(=O)[O-]. The van der Waals surface area contributed by atoms with Gasteiger partial charge in [-0.25, -0.2) is 0 Å². The van der Waals surface area contributed by atoms with Gasteiger partial charge in [0.15, 0.2) is 0 Å². The molecule has 17 heavy (non-hydrogen) atoms. The minimum Gasteiger partial charge on any atom is -0.544 e. The van der Waals surface area contributed by atoms with Crippen LogP contribution in [0.2, 0.25) is 0 Å². The molecule has 1 heterocycles. The Morgan fingerprint density at radius 2 is 2.24 bits per heavy atom. The number of pyridine rings is 1. The molecule has 6 heteroatoms. The minimum absolute atomic E-state index is 0.125. The molecule has 0 aliphatic heterocycles. The summed E-state index contributed by atoms with van der Waals surface area (Å²) in [5.41, 5.74) is 0.545. The van der Waals surface area contributed by atoms with Crippen LogP contribution < -0.4 is 15.3 Å². The van der Waals surface area contributed by atoms with E-state index in [1.54, 1.807) is 32.4 Å². The third kappa shape index (κ3) is 4.20. The van der Waals surface area contributed by atoms with Crippen LogP contribution in [0.4, 0.5) is 5.69 Å². The number of carbonyl (C=O) groups excluding carboxylic acids is 2. The average molecular weight is 237 g/mol. The molecule has 0 radical (unpaired) electrons. The van der Waals surface area contributed by atoms with Crippen molar-refractivity contribution in [2.45, 2.75) is 12.5 Å². The Bertz CT molecular complexity index is 392. The molecule has 1 atom stereocenters. The standard InChI is InChI=1S/C11H15N3O3/c1-14(2)9(11(16)17)6-10(15)13-8-4-3-5-12-7-8/h3-5,7,9H,6H2,1-2H3,(H,13,15)(H,16,17)/t9-/m1/s1. The van der Waals surface area contributed by atoms with Gasteiger partial charge in [-0.1, -0.05) is 0 Å². The lowest BCUT2D eigenvalue weighted by Crippen LogP contribution is -3.12. The van der Waals surface area contributed by atoms with Crippen molar-refractivity contribution in [3.63, 3.8) is 0 Å². The molecule has 1 aromatic rings. The lowest BCUT2D eigenvalue weighted by Gasteiger charge is -2.21. The zero-order valence-corrected chi connectivity index (χ0v) is 9.77. The van der Waals surface area contributed by atoms with Gasteiger partial charge in [0.25, 0.3) is 0 Å². The highest BCUT2D eigenvalue weighted by Crippen LogP contribution is 2.03. The van der Waals surface area contributed by atoms with Crippen molar-refractivity contribution in [3.8, 4) is 0 Å².